The standard InChI is InChI=1S/C15H28O3/c1-4-6-7-8-9-13(3)12-14(16)10-11-15(17)18-5-2/h13H,4-12H2,1-3H3. The van der Waals surface area contributed by atoms with E-state index in [0.29, 0.717) is 25.4 Å². The fourth-order valence-electron chi connectivity index (χ4n) is 1.99. The van der Waals surface area contributed by atoms with E-state index in [1.807, 2.05) is 0 Å². The largest absolute Gasteiger partial charge is 0.466 e. The molecule has 0 aliphatic heterocycles. The summed E-state index contributed by atoms with van der Waals surface area (Å²) in [4.78, 5) is 22.7. The summed E-state index contributed by atoms with van der Waals surface area (Å²) in [5.41, 5.74) is 0. The van der Waals surface area contributed by atoms with Crippen molar-refractivity contribution in [3.05, 3.63) is 0 Å². The molecule has 1 atom stereocenters. The Balaban J connectivity index is 3.57. The van der Waals surface area contributed by atoms with Gasteiger partial charge in [-0.15, -0.1) is 0 Å². The Labute approximate surface area is 111 Å². The van der Waals surface area contributed by atoms with Crippen molar-refractivity contribution < 1.29 is 14.3 Å². The van der Waals surface area contributed by atoms with Crippen LogP contribution in [0.2, 0.25) is 0 Å². The third kappa shape index (κ3) is 10.3. The van der Waals surface area contributed by atoms with Crippen LogP contribution in [0.1, 0.15) is 72.1 Å². The van der Waals surface area contributed by atoms with Gasteiger partial charge in [-0.05, 0) is 12.8 Å². The summed E-state index contributed by atoms with van der Waals surface area (Å²) in [6.07, 6.45) is 7.28. The van der Waals surface area contributed by atoms with Gasteiger partial charge in [0, 0.05) is 12.8 Å². The minimum atomic E-state index is -0.263. The lowest BCUT2D eigenvalue weighted by Crippen LogP contribution is -2.10. The number of hydrogen-bond donors (Lipinski definition) is 0. The van der Waals surface area contributed by atoms with Gasteiger partial charge in [0.05, 0.1) is 13.0 Å². The summed E-state index contributed by atoms with van der Waals surface area (Å²) in [6, 6.07) is 0. The minimum absolute atomic E-state index is 0.186. The normalized spacial score (nSPS) is 12.2. The zero-order valence-corrected chi connectivity index (χ0v) is 12.2. The van der Waals surface area contributed by atoms with Gasteiger partial charge in [0.15, 0.2) is 0 Å². The first-order valence-electron chi connectivity index (χ1n) is 7.27. The van der Waals surface area contributed by atoms with Crippen LogP contribution in [0, 0.1) is 5.92 Å². The van der Waals surface area contributed by atoms with Gasteiger partial charge in [0.25, 0.3) is 0 Å². The Morgan fingerprint density at radius 1 is 1.06 bits per heavy atom. The van der Waals surface area contributed by atoms with Crippen molar-refractivity contribution in [3.8, 4) is 0 Å². The maximum absolute atomic E-state index is 11.6. The van der Waals surface area contributed by atoms with Crippen LogP contribution in [-0.4, -0.2) is 18.4 Å². The second kappa shape index (κ2) is 11.2. The summed E-state index contributed by atoms with van der Waals surface area (Å²) < 4.78 is 4.80. The summed E-state index contributed by atoms with van der Waals surface area (Å²) >= 11 is 0. The maximum Gasteiger partial charge on any atom is 0.306 e. The molecule has 0 aliphatic rings. The summed E-state index contributed by atoms with van der Waals surface area (Å²) in [5, 5.41) is 0. The monoisotopic (exact) mass is 256 g/mol. The van der Waals surface area contributed by atoms with Crippen molar-refractivity contribution in [3.63, 3.8) is 0 Å². The molecule has 18 heavy (non-hydrogen) atoms. The molecule has 3 nitrogen and oxygen atoms in total. The van der Waals surface area contributed by atoms with E-state index in [0.717, 1.165) is 6.42 Å². The average molecular weight is 256 g/mol. The molecule has 0 heterocycles. The minimum Gasteiger partial charge on any atom is -0.466 e. The Kier molecular flexibility index (Phi) is 10.7. The van der Waals surface area contributed by atoms with Gasteiger partial charge in [0.2, 0.25) is 0 Å². The predicted molar refractivity (Wildman–Crippen MR) is 73.4 cm³/mol. The molecule has 3 heteroatoms. The number of carbonyl (C=O) groups is 2. The molecular formula is C15H28O3. The third-order valence-electron chi connectivity index (χ3n) is 3.04. The Morgan fingerprint density at radius 3 is 2.39 bits per heavy atom. The van der Waals surface area contributed by atoms with Gasteiger partial charge in [-0.1, -0.05) is 46.0 Å². The van der Waals surface area contributed by atoms with Crippen LogP contribution in [-0.2, 0) is 14.3 Å². The molecule has 0 rings (SSSR count). The molecule has 0 saturated heterocycles. The van der Waals surface area contributed by atoms with Crippen LogP contribution in [0.3, 0.4) is 0 Å². The van der Waals surface area contributed by atoms with Crippen LogP contribution >= 0.6 is 0 Å². The Bertz CT molecular complexity index is 236. The van der Waals surface area contributed by atoms with Crippen molar-refractivity contribution in [2.75, 3.05) is 6.61 Å². The van der Waals surface area contributed by atoms with Gasteiger partial charge in [0.1, 0.15) is 5.78 Å². The van der Waals surface area contributed by atoms with E-state index >= 15 is 0 Å². The number of Topliss-reactive ketones (excluding diaryl/α,β-unsaturated/α-hetero) is 1. The molecule has 0 N–H and O–H groups in total. The van der Waals surface area contributed by atoms with E-state index in [-0.39, 0.29) is 18.2 Å². The van der Waals surface area contributed by atoms with E-state index in [9.17, 15) is 9.59 Å². The summed E-state index contributed by atoms with van der Waals surface area (Å²) in [7, 11) is 0. The Hall–Kier alpha value is -0.860. The van der Waals surface area contributed by atoms with Crippen LogP contribution in [0.25, 0.3) is 0 Å². The summed E-state index contributed by atoms with van der Waals surface area (Å²) in [6.45, 7) is 6.48. The highest BCUT2D eigenvalue weighted by atomic mass is 16.5. The van der Waals surface area contributed by atoms with Crippen molar-refractivity contribution in [1.29, 1.82) is 0 Å². The lowest BCUT2D eigenvalue weighted by Gasteiger charge is -2.10. The van der Waals surface area contributed by atoms with Crippen molar-refractivity contribution in [2.24, 2.45) is 5.92 Å². The van der Waals surface area contributed by atoms with Crippen molar-refractivity contribution in [1.82, 2.24) is 0 Å². The maximum atomic E-state index is 11.6. The zero-order valence-electron chi connectivity index (χ0n) is 12.2. The lowest BCUT2D eigenvalue weighted by atomic mass is 9.96. The van der Waals surface area contributed by atoms with Crippen molar-refractivity contribution in [2.45, 2.75) is 72.1 Å². The zero-order chi connectivity index (χ0) is 13.8. The quantitative estimate of drug-likeness (QED) is 0.416. The lowest BCUT2D eigenvalue weighted by molar-refractivity contribution is -0.144. The first-order chi connectivity index (χ1) is 8.60. The molecule has 0 spiro atoms. The topological polar surface area (TPSA) is 43.4 Å². The number of carbonyl (C=O) groups excluding carboxylic acids is 2. The number of rotatable bonds is 11. The first-order valence-corrected chi connectivity index (χ1v) is 7.27. The molecule has 0 saturated carbocycles. The van der Waals surface area contributed by atoms with Crippen LogP contribution < -0.4 is 0 Å². The molecule has 106 valence electrons. The highest BCUT2D eigenvalue weighted by Crippen LogP contribution is 2.15. The predicted octanol–water partition coefficient (Wildman–Crippen LogP) is 3.90. The number of unbranched alkanes of at least 4 members (excludes halogenated alkanes) is 3. The van der Waals surface area contributed by atoms with Gasteiger partial charge >= 0.3 is 5.97 Å². The molecule has 0 aromatic carbocycles. The number of ketones is 1. The number of esters is 1. The van der Waals surface area contributed by atoms with E-state index in [2.05, 4.69) is 13.8 Å². The fourth-order valence-corrected chi connectivity index (χ4v) is 1.99. The van der Waals surface area contributed by atoms with Gasteiger partial charge in [-0.3, -0.25) is 9.59 Å². The van der Waals surface area contributed by atoms with Crippen LogP contribution in [0.4, 0.5) is 0 Å². The SMILES string of the molecule is CCCCCCC(C)CC(=O)CCC(=O)OCC. The molecule has 1 unspecified atom stereocenters. The van der Waals surface area contributed by atoms with Crippen LogP contribution in [0.5, 0.6) is 0 Å². The fraction of sp³-hybridized carbons (Fsp3) is 0.867. The third-order valence-corrected chi connectivity index (χ3v) is 3.04. The molecule has 0 radical (unpaired) electrons. The molecule has 0 aliphatic carbocycles. The van der Waals surface area contributed by atoms with Gasteiger partial charge in [-0.25, -0.2) is 0 Å². The molecule has 0 aromatic rings. The second-order valence-corrected chi connectivity index (χ2v) is 5.00. The van der Waals surface area contributed by atoms with Gasteiger partial charge in [-0.2, -0.15) is 0 Å². The smallest absolute Gasteiger partial charge is 0.306 e. The highest BCUT2D eigenvalue weighted by Gasteiger charge is 2.11. The summed E-state index contributed by atoms with van der Waals surface area (Å²) in [5.74, 6) is 0.365. The molecule has 0 aromatic heterocycles. The van der Waals surface area contributed by atoms with E-state index in [1.54, 1.807) is 6.92 Å². The Morgan fingerprint density at radius 2 is 1.78 bits per heavy atom. The molecule has 0 bridgehead atoms. The van der Waals surface area contributed by atoms with Crippen molar-refractivity contribution >= 4 is 11.8 Å². The van der Waals surface area contributed by atoms with E-state index < -0.39 is 0 Å². The number of hydrogen-bond acceptors (Lipinski definition) is 3. The van der Waals surface area contributed by atoms with E-state index in [4.69, 9.17) is 4.74 Å². The molecule has 0 fully saturated rings. The van der Waals surface area contributed by atoms with Gasteiger partial charge < -0.3 is 4.74 Å². The molecule has 0 amide bonds. The molecular weight excluding hydrogens is 228 g/mol. The second-order valence-electron chi connectivity index (χ2n) is 5.00. The first kappa shape index (κ1) is 17.1. The highest BCUT2D eigenvalue weighted by molar-refractivity contribution is 5.83. The number of ether oxygens (including phenoxy) is 1. The van der Waals surface area contributed by atoms with E-state index in [1.165, 1.54) is 25.7 Å². The average Bonchev–Trinajstić information content (AvgIpc) is 2.32. The van der Waals surface area contributed by atoms with Crippen LogP contribution in [0.15, 0.2) is 0 Å².